The molecule has 0 aromatic heterocycles. The van der Waals surface area contributed by atoms with E-state index in [1.165, 1.54) is 30.7 Å². The first-order valence-electron chi connectivity index (χ1n) is 16.1. The summed E-state index contributed by atoms with van der Waals surface area (Å²) in [5.74, 6) is -1.86. The number of hydrogen-bond donors (Lipinski definition) is 1. The Kier molecular flexibility index (Phi) is 16.6. The molecule has 13 nitrogen and oxygen atoms in total. The van der Waals surface area contributed by atoms with Crippen molar-refractivity contribution in [2.75, 3.05) is 27.0 Å². The van der Waals surface area contributed by atoms with Crippen LogP contribution in [0, 0.1) is 17.3 Å². The summed E-state index contributed by atoms with van der Waals surface area (Å²) in [6, 6.07) is -2.34. The van der Waals surface area contributed by atoms with Crippen LogP contribution < -0.4 is 5.32 Å². The van der Waals surface area contributed by atoms with Crippen LogP contribution in [0.3, 0.4) is 0 Å². The Morgan fingerprint density at radius 1 is 1.09 bits per heavy atom. The number of azide groups is 1. The van der Waals surface area contributed by atoms with Gasteiger partial charge >= 0.3 is 11.9 Å². The first-order valence-corrected chi connectivity index (χ1v) is 17.1. The number of nitrogens with one attached hydrogen (secondary N) is 1. The molecule has 1 aliphatic heterocycles. The molecule has 8 atom stereocenters. The van der Waals surface area contributed by atoms with Crippen molar-refractivity contribution in [3.63, 3.8) is 0 Å². The van der Waals surface area contributed by atoms with Gasteiger partial charge in [0.15, 0.2) is 0 Å². The molecule has 0 fully saturated rings. The van der Waals surface area contributed by atoms with E-state index >= 15 is 0 Å². The highest BCUT2D eigenvalue weighted by Crippen LogP contribution is 2.35. The van der Waals surface area contributed by atoms with Gasteiger partial charge in [-0.05, 0) is 71.2 Å². The van der Waals surface area contributed by atoms with Crippen molar-refractivity contribution in [1.29, 1.82) is 0 Å². The molecule has 0 bridgehead atoms. The molecule has 0 spiro atoms. The lowest BCUT2D eigenvalue weighted by Crippen LogP contribution is -2.54. The average Bonchev–Trinajstić information content (AvgIpc) is 3.43. The van der Waals surface area contributed by atoms with Crippen molar-refractivity contribution in [3.8, 4) is 0 Å². The Labute approximate surface area is 278 Å². The number of likely N-dealkylation sites (N-methyl/N-ethyl adjacent to an activating group) is 1. The molecule has 1 aliphatic rings. The van der Waals surface area contributed by atoms with E-state index in [-0.39, 0.29) is 29.8 Å². The Hall–Kier alpha value is -2.83. The van der Waals surface area contributed by atoms with Gasteiger partial charge in [0.25, 0.3) is 5.91 Å². The van der Waals surface area contributed by atoms with Crippen LogP contribution in [0.1, 0.15) is 94.4 Å². The number of rotatable bonds is 19. The van der Waals surface area contributed by atoms with Gasteiger partial charge < -0.3 is 24.4 Å². The Balaban J connectivity index is 3.23. The number of ether oxygens (including phenoxy) is 3. The van der Waals surface area contributed by atoms with Crippen LogP contribution >= 0.6 is 11.8 Å². The fraction of sp³-hybridized carbons (Fsp3) is 0.844. The Bertz CT molecular complexity index is 1140. The highest BCUT2D eigenvalue weighted by molar-refractivity contribution is 8.14. The first-order chi connectivity index (χ1) is 21.4. The summed E-state index contributed by atoms with van der Waals surface area (Å²) in [6.07, 6.45) is 3.11. The zero-order valence-electron chi connectivity index (χ0n) is 29.8. The van der Waals surface area contributed by atoms with E-state index in [1.54, 1.807) is 41.9 Å². The van der Waals surface area contributed by atoms with Crippen LogP contribution in [0.5, 0.6) is 0 Å². The van der Waals surface area contributed by atoms with Crippen molar-refractivity contribution in [2.45, 2.75) is 130 Å². The van der Waals surface area contributed by atoms with Gasteiger partial charge in [-0.3, -0.25) is 19.4 Å². The number of esters is 2. The lowest BCUT2D eigenvalue weighted by atomic mass is 9.77. The molecule has 0 aromatic rings. The molecule has 0 saturated carbocycles. The topological polar surface area (TPSA) is 172 Å². The SMILES string of the molecule is CCC[C@@H](CC[C@@H](C)[C@H](OC(=O)[C@H](C)N=[N+]=[N-])C(C)(C)C(=O)N[C@@H](C)C1=N[C@](C)(C(=O)N(C)[C@H](C(=O)OC)[C@@H](C)CC)CS1)OC. The van der Waals surface area contributed by atoms with Crippen LogP contribution in [0.2, 0.25) is 0 Å². The zero-order valence-corrected chi connectivity index (χ0v) is 30.6. The third-order valence-electron chi connectivity index (χ3n) is 8.91. The van der Waals surface area contributed by atoms with E-state index < -0.39 is 47.1 Å². The molecule has 1 N–H and O–H groups in total. The third kappa shape index (κ3) is 10.6. The van der Waals surface area contributed by atoms with Gasteiger partial charge in [-0.1, -0.05) is 45.7 Å². The predicted molar refractivity (Wildman–Crippen MR) is 180 cm³/mol. The number of methoxy groups -OCH3 is 2. The lowest BCUT2D eigenvalue weighted by molar-refractivity contribution is -0.165. The second-order valence-corrected chi connectivity index (χ2v) is 14.1. The van der Waals surface area contributed by atoms with Gasteiger partial charge in [-0.15, -0.1) is 11.8 Å². The molecule has 0 aromatic carbocycles. The highest BCUT2D eigenvalue weighted by atomic mass is 32.2. The minimum absolute atomic E-state index is 0.0458. The number of hydrogen-bond acceptors (Lipinski definition) is 10. The van der Waals surface area contributed by atoms with Gasteiger partial charge in [0.2, 0.25) is 5.91 Å². The van der Waals surface area contributed by atoms with E-state index in [1.807, 2.05) is 20.8 Å². The molecular formula is C32H56N6O7S. The van der Waals surface area contributed by atoms with E-state index in [4.69, 9.17) is 24.7 Å². The second kappa shape index (κ2) is 18.5. The number of thioether (sulfide) groups is 1. The zero-order chi connectivity index (χ0) is 35.4. The summed E-state index contributed by atoms with van der Waals surface area (Å²) in [5.41, 5.74) is 6.50. The quantitative estimate of drug-likeness (QED) is 0.0835. The highest BCUT2D eigenvalue weighted by Gasteiger charge is 2.47. The molecule has 1 rings (SSSR count). The molecule has 14 heteroatoms. The van der Waals surface area contributed by atoms with Crippen LogP contribution in [0.25, 0.3) is 10.4 Å². The summed E-state index contributed by atoms with van der Waals surface area (Å²) in [6.45, 7) is 16.3. The molecule has 0 radical (unpaired) electrons. The van der Waals surface area contributed by atoms with E-state index in [0.29, 0.717) is 23.6 Å². The molecule has 0 aliphatic carbocycles. The van der Waals surface area contributed by atoms with E-state index in [0.717, 1.165) is 19.3 Å². The second-order valence-electron chi connectivity index (χ2n) is 13.1. The maximum Gasteiger partial charge on any atom is 0.328 e. The van der Waals surface area contributed by atoms with Crippen molar-refractivity contribution >= 4 is 40.6 Å². The monoisotopic (exact) mass is 668 g/mol. The third-order valence-corrected chi connectivity index (χ3v) is 10.4. The van der Waals surface area contributed by atoms with E-state index in [2.05, 4.69) is 22.3 Å². The fourth-order valence-electron chi connectivity index (χ4n) is 5.67. The number of nitrogens with zero attached hydrogens (tertiary/aromatic N) is 5. The van der Waals surface area contributed by atoms with Crippen LogP contribution in [-0.4, -0.2) is 96.6 Å². The molecule has 46 heavy (non-hydrogen) atoms. The van der Waals surface area contributed by atoms with Gasteiger partial charge in [0.1, 0.15) is 23.7 Å². The van der Waals surface area contributed by atoms with Crippen molar-refractivity contribution in [2.24, 2.45) is 27.4 Å². The average molecular weight is 669 g/mol. The molecule has 1 heterocycles. The van der Waals surface area contributed by atoms with Crippen LogP contribution in [0.4, 0.5) is 0 Å². The minimum Gasteiger partial charge on any atom is -0.467 e. The van der Waals surface area contributed by atoms with E-state index in [9.17, 15) is 19.2 Å². The maximum atomic E-state index is 13.9. The standard InChI is InChI=1S/C32H56N6O7S/c1-13-15-23(43-11)17-16-20(4)25(45-27(39)22(6)36-37-33)31(7,8)29(41)34-21(5)26-35-32(9,18-46-26)30(42)38(10)24(19(3)14-2)28(40)44-12/h19-25H,13-18H2,1-12H3,(H,34,41)/t19-,20+,21-,22-,23-,24-,25-,32-/m0/s1. The van der Waals surface area contributed by atoms with Crippen molar-refractivity contribution in [3.05, 3.63) is 10.4 Å². The number of amides is 2. The van der Waals surface area contributed by atoms with Gasteiger partial charge in [0.05, 0.1) is 29.7 Å². The van der Waals surface area contributed by atoms with Gasteiger partial charge in [-0.25, -0.2) is 4.79 Å². The minimum atomic E-state index is -1.18. The molecule has 2 amide bonds. The lowest BCUT2D eigenvalue weighted by Gasteiger charge is -2.38. The molecule has 0 saturated heterocycles. The predicted octanol–water partition coefficient (Wildman–Crippen LogP) is 5.31. The Morgan fingerprint density at radius 3 is 2.24 bits per heavy atom. The number of carbonyl (C=O) groups excluding carboxylic acids is 4. The summed E-state index contributed by atoms with van der Waals surface area (Å²) >= 11 is 1.37. The molecule has 262 valence electrons. The molecular weight excluding hydrogens is 612 g/mol. The van der Waals surface area contributed by atoms with Gasteiger partial charge in [-0.2, -0.15) is 0 Å². The van der Waals surface area contributed by atoms with Crippen LogP contribution in [-0.2, 0) is 33.4 Å². The van der Waals surface area contributed by atoms with Gasteiger partial charge in [0, 0.05) is 24.8 Å². The summed E-state index contributed by atoms with van der Waals surface area (Å²) < 4.78 is 16.5. The maximum absolute atomic E-state index is 13.9. The number of carbonyl (C=O) groups is 4. The van der Waals surface area contributed by atoms with Crippen LogP contribution in [0.15, 0.2) is 10.1 Å². The smallest absolute Gasteiger partial charge is 0.328 e. The fourth-order valence-corrected chi connectivity index (χ4v) is 6.87. The summed E-state index contributed by atoms with van der Waals surface area (Å²) in [4.78, 5) is 61.8. The normalized spacial score (nSPS) is 20.9. The number of aliphatic imine (C=N–C) groups is 1. The first kappa shape index (κ1) is 41.2. The van der Waals surface area contributed by atoms with Crippen molar-refractivity contribution in [1.82, 2.24) is 10.2 Å². The van der Waals surface area contributed by atoms with Crippen molar-refractivity contribution < 1.29 is 33.4 Å². The summed E-state index contributed by atoms with van der Waals surface area (Å²) in [7, 11) is 4.57. The Morgan fingerprint density at radius 2 is 1.72 bits per heavy atom. The summed E-state index contributed by atoms with van der Waals surface area (Å²) in [5, 5.41) is 7.06. The molecule has 0 unspecified atom stereocenters. The largest absolute Gasteiger partial charge is 0.467 e.